The Morgan fingerprint density at radius 2 is 1.73 bits per heavy atom. The Morgan fingerprint density at radius 1 is 1.08 bits per heavy atom. The fourth-order valence-electron chi connectivity index (χ4n) is 4.36. The summed E-state index contributed by atoms with van der Waals surface area (Å²) in [7, 11) is 0. The van der Waals surface area contributed by atoms with Crippen LogP contribution in [0.2, 0.25) is 0 Å². The summed E-state index contributed by atoms with van der Waals surface area (Å²) in [4.78, 5) is 36.7. The maximum Gasteiger partial charge on any atom is 0.317 e. The molecular weight excluding hydrogens is 470 g/mol. The molecular formula is C29H39N3O5. The van der Waals surface area contributed by atoms with Gasteiger partial charge in [-0.15, -0.1) is 0 Å². The fraction of sp³-hybridized carbons (Fsp3) is 0.483. The van der Waals surface area contributed by atoms with E-state index >= 15 is 0 Å². The number of hydrogen-bond acceptors (Lipinski definition) is 6. The van der Waals surface area contributed by atoms with Gasteiger partial charge in [-0.05, 0) is 80.9 Å². The monoisotopic (exact) mass is 509 g/mol. The third kappa shape index (κ3) is 8.89. The van der Waals surface area contributed by atoms with E-state index in [1.165, 1.54) is 0 Å². The van der Waals surface area contributed by atoms with Gasteiger partial charge in [-0.25, -0.2) is 0 Å². The van der Waals surface area contributed by atoms with Crippen molar-refractivity contribution >= 4 is 23.5 Å². The molecule has 2 amide bonds. The fourth-order valence-corrected chi connectivity index (χ4v) is 4.36. The van der Waals surface area contributed by atoms with E-state index in [1.54, 1.807) is 0 Å². The number of imide groups is 1. The van der Waals surface area contributed by atoms with E-state index in [0.29, 0.717) is 35.9 Å². The van der Waals surface area contributed by atoms with Gasteiger partial charge in [0.25, 0.3) is 0 Å². The number of piperidine rings is 2. The first-order valence-corrected chi connectivity index (χ1v) is 13.0. The number of aryl methyl sites for hydroxylation is 1. The minimum atomic E-state index is -0.800. The molecule has 2 aliphatic rings. The number of nitrogens with one attached hydrogen (secondary N) is 2. The van der Waals surface area contributed by atoms with E-state index in [2.05, 4.69) is 31.4 Å². The Kier molecular flexibility index (Phi) is 10.1. The lowest BCUT2D eigenvalue weighted by molar-refractivity contribution is -0.138. The van der Waals surface area contributed by atoms with Crippen LogP contribution in [0.3, 0.4) is 0 Å². The van der Waals surface area contributed by atoms with Gasteiger partial charge in [0.05, 0.1) is 12.2 Å². The van der Waals surface area contributed by atoms with Crippen molar-refractivity contribution in [2.24, 2.45) is 5.92 Å². The molecule has 1 unspecified atom stereocenters. The molecule has 2 aromatic carbocycles. The van der Waals surface area contributed by atoms with Crippen molar-refractivity contribution in [3.8, 4) is 11.5 Å². The van der Waals surface area contributed by atoms with Gasteiger partial charge >= 0.3 is 5.97 Å². The molecule has 8 heteroatoms. The quantitative estimate of drug-likeness (QED) is 0.454. The second-order valence-corrected chi connectivity index (χ2v) is 10.5. The minimum Gasteiger partial charge on any atom is -0.480 e. The summed E-state index contributed by atoms with van der Waals surface area (Å²) in [6, 6.07) is 13.2. The molecule has 37 heavy (non-hydrogen) atoms. The van der Waals surface area contributed by atoms with Crippen LogP contribution in [0.5, 0.6) is 11.5 Å². The van der Waals surface area contributed by atoms with Crippen molar-refractivity contribution in [2.45, 2.75) is 65.3 Å². The van der Waals surface area contributed by atoms with E-state index in [-0.39, 0.29) is 18.4 Å². The van der Waals surface area contributed by atoms with Crippen LogP contribution in [0.25, 0.3) is 0 Å². The number of carbonyl (C=O) groups excluding carboxylic acids is 2. The molecule has 4 rings (SSSR count). The van der Waals surface area contributed by atoms with Gasteiger partial charge in [0.2, 0.25) is 11.8 Å². The number of carboxylic acids is 1. The van der Waals surface area contributed by atoms with Crippen LogP contribution in [0, 0.1) is 12.8 Å². The number of hydrogen-bond donors (Lipinski definition) is 3. The lowest BCUT2D eigenvalue weighted by atomic mass is 9.89. The molecule has 0 radical (unpaired) electrons. The summed E-state index contributed by atoms with van der Waals surface area (Å²) in [5.74, 6) is 1.07. The van der Waals surface area contributed by atoms with Crippen molar-refractivity contribution in [3.63, 3.8) is 0 Å². The number of anilines is 1. The van der Waals surface area contributed by atoms with Crippen LogP contribution in [-0.2, 0) is 14.4 Å². The number of aliphatic carboxylic acids is 1. The predicted molar refractivity (Wildman–Crippen MR) is 144 cm³/mol. The van der Waals surface area contributed by atoms with E-state index in [0.717, 1.165) is 43.0 Å². The smallest absolute Gasteiger partial charge is 0.317 e. The van der Waals surface area contributed by atoms with E-state index in [1.807, 2.05) is 54.3 Å². The Hall–Kier alpha value is -3.39. The zero-order valence-electron chi connectivity index (χ0n) is 22.3. The molecule has 0 bridgehead atoms. The molecule has 2 heterocycles. The molecule has 200 valence electrons. The highest BCUT2D eigenvalue weighted by molar-refractivity contribution is 6.01. The molecule has 8 nitrogen and oxygen atoms in total. The van der Waals surface area contributed by atoms with Crippen LogP contribution in [0.4, 0.5) is 5.69 Å². The number of amides is 2. The lowest BCUT2D eigenvalue weighted by Crippen LogP contribution is -2.47. The number of ether oxygens (including phenoxy) is 1. The molecule has 0 saturated carbocycles. The Bertz CT molecular complexity index is 1070. The van der Waals surface area contributed by atoms with Gasteiger partial charge in [-0.1, -0.05) is 44.5 Å². The van der Waals surface area contributed by atoms with Crippen LogP contribution in [0.15, 0.2) is 42.5 Å². The van der Waals surface area contributed by atoms with Crippen molar-refractivity contribution in [3.05, 3.63) is 53.6 Å². The van der Waals surface area contributed by atoms with E-state index in [9.17, 15) is 14.4 Å². The summed E-state index contributed by atoms with van der Waals surface area (Å²) in [6.07, 6.45) is 2.47. The van der Waals surface area contributed by atoms with Gasteiger partial charge in [0.1, 0.15) is 11.8 Å². The van der Waals surface area contributed by atoms with Crippen LogP contribution in [-0.4, -0.2) is 53.5 Å². The number of nitrogens with zero attached hydrogens (tertiary/aromatic N) is 1. The Morgan fingerprint density at radius 3 is 2.32 bits per heavy atom. The molecule has 2 aliphatic heterocycles. The number of benzene rings is 2. The minimum absolute atomic E-state index is 0.0727. The first kappa shape index (κ1) is 28.2. The molecule has 0 aromatic heterocycles. The van der Waals surface area contributed by atoms with Gasteiger partial charge in [0.15, 0.2) is 5.75 Å². The summed E-state index contributed by atoms with van der Waals surface area (Å²) < 4.78 is 6.22. The number of carbonyl (C=O) groups is 3. The standard InChI is InChI=1S/C25H29N3O5.C4H10/c1-16-2-5-19(6-3-16)33-22-14-18(17-10-12-28(13-11-17)15-24(30)31)4-7-20(22)26-21-8-9-23(29)27-25(21)32;1-4(2)3/h2-7,14,17,21,26H,8-13,15H2,1H3,(H,30,31)(H,27,29,32);4H,1-3H3. The van der Waals surface area contributed by atoms with Gasteiger partial charge < -0.3 is 15.2 Å². The topological polar surface area (TPSA) is 108 Å². The highest BCUT2D eigenvalue weighted by atomic mass is 16.5. The third-order valence-electron chi connectivity index (χ3n) is 6.24. The number of likely N-dealkylation sites (tertiary alicyclic amines) is 1. The van der Waals surface area contributed by atoms with Crippen molar-refractivity contribution in [2.75, 3.05) is 25.0 Å². The molecule has 3 N–H and O–H groups in total. The predicted octanol–water partition coefficient (Wildman–Crippen LogP) is 4.93. The second kappa shape index (κ2) is 13.2. The first-order chi connectivity index (χ1) is 17.6. The molecule has 2 saturated heterocycles. The van der Waals surface area contributed by atoms with E-state index < -0.39 is 12.0 Å². The largest absolute Gasteiger partial charge is 0.480 e. The van der Waals surface area contributed by atoms with Crippen molar-refractivity contribution < 1.29 is 24.2 Å². The summed E-state index contributed by atoms with van der Waals surface area (Å²) in [5.41, 5.74) is 2.95. The molecule has 2 aromatic rings. The molecule has 1 atom stereocenters. The highest BCUT2D eigenvalue weighted by Crippen LogP contribution is 2.37. The number of rotatable bonds is 7. The zero-order valence-corrected chi connectivity index (χ0v) is 22.3. The third-order valence-corrected chi connectivity index (χ3v) is 6.24. The summed E-state index contributed by atoms with van der Waals surface area (Å²) >= 11 is 0. The SMILES string of the molecule is CC(C)C.Cc1ccc(Oc2cc(C3CCN(CC(=O)O)CC3)ccc2NC2CCC(=O)NC2=O)cc1. The van der Waals surface area contributed by atoms with E-state index in [4.69, 9.17) is 9.84 Å². The summed E-state index contributed by atoms with van der Waals surface area (Å²) in [5, 5.41) is 14.7. The average Bonchev–Trinajstić information content (AvgIpc) is 2.83. The number of carboxylic acid groups (broad SMARTS) is 1. The normalized spacial score (nSPS) is 18.6. The Balaban J connectivity index is 0.000000886. The van der Waals surface area contributed by atoms with Gasteiger partial charge in [-0.3, -0.25) is 24.6 Å². The Labute approximate surface area is 219 Å². The average molecular weight is 510 g/mol. The maximum absolute atomic E-state index is 12.3. The second-order valence-electron chi connectivity index (χ2n) is 10.5. The molecule has 0 aliphatic carbocycles. The van der Waals surface area contributed by atoms with Crippen LogP contribution in [0.1, 0.15) is 63.5 Å². The van der Waals surface area contributed by atoms with Crippen molar-refractivity contribution in [1.82, 2.24) is 10.2 Å². The van der Waals surface area contributed by atoms with Crippen molar-refractivity contribution in [1.29, 1.82) is 0 Å². The summed E-state index contributed by atoms with van der Waals surface area (Å²) in [6.45, 7) is 10.1. The first-order valence-electron chi connectivity index (χ1n) is 13.0. The molecule has 2 fully saturated rings. The highest BCUT2D eigenvalue weighted by Gasteiger charge is 2.28. The lowest BCUT2D eigenvalue weighted by Gasteiger charge is -2.31. The van der Waals surface area contributed by atoms with Crippen LogP contribution < -0.4 is 15.4 Å². The van der Waals surface area contributed by atoms with Crippen LogP contribution >= 0.6 is 0 Å². The van der Waals surface area contributed by atoms with Gasteiger partial charge in [0, 0.05) is 6.42 Å². The molecule has 0 spiro atoms. The zero-order chi connectivity index (χ0) is 26.9. The maximum atomic E-state index is 12.3. The van der Waals surface area contributed by atoms with Gasteiger partial charge in [-0.2, -0.15) is 0 Å².